The summed E-state index contributed by atoms with van der Waals surface area (Å²) in [5.41, 5.74) is -1.13. The van der Waals surface area contributed by atoms with Gasteiger partial charge in [0.1, 0.15) is 11.5 Å². The smallest absolute Gasteiger partial charge is 0.137 e. The molecule has 2 saturated heterocycles. The molecule has 0 amide bonds. The molecule has 4 aliphatic rings. The van der Waals surface area contributed by atoms with E-state index in [1.807, 2.05) is 0 Å². The fourth-order valence-corrected chi connectivity index (χ4v) is 6.22. The number of carbonyl (C=O) groups excluding carboxylic acids is 1. The molecule has 0 aromatic rings. The van der Waals surface area contributed by atoms with E-state index in [-0.39, 0.29) is 11.3 Å². The van der Waals surface area contributed by atoms with E-state index in [1.54, 1.807) is 0 Å². The number of nitrogens with zero attached hydrogens (tertiary/aromatic N) is 1. The van der Waals surface area contributed by atoms with Gasteiger partial charge in [0, 0.05) is 30.8 Å². The van der Waals surface area contributed by atoms with Gasteiger partial charge in [0.25, 0.3) is 0 Å². The van der Waals surface area contributed by atoms with Crippen LogP contribution in [-0.4, -0.2) is 45.8 Å². The third kappa shape index (κ3) is 1.40. The summed E-state index contributed by atoms with van der Waals surface area (Å²) in [6.45, 7) is 3.58. The van der Waals surface area contributed by atoms with Gasteiger partial charge in [-0.2, -0.15) is 0 Å². The van der Waals surface area contributed by atoms with E-state index in [0.717, 1.165) is 32.2 Å². The summed E-state index contributed by atoms with van der Waals surface area (Å²) in [6, 6.07) is 0. The highest BCUT2D eigenvalue weighted by molar-refractivity contribution is 5.85. The van der Waals surface area contributed by atoms with E-state index in [4.69, 9.17) is 0 Å². The van der Waals surface area contributed by atoms with Crippen molar-refractivity contribution in [2.75, 3.05) is 13.1 Å². The number of hydrogen-bond acceptors (Lipinski definition) is 4. The van der Waals surface area contributed by atoms with Gasteiger partial charge in [0.2, 0.25) is 0 Å². The molecule has 7 unspecified atom stereocenters. The molecule has 2 aliphatic heterocycles. The second-order valence-corrected chi connectivity index (χ2v) is 7.76. The summed E-state index contributed by atoms with van der Waals surface area (Å²) in [5, 5.41) is 21.9. The van der Waals surface area contributed by atoms with Crippen LogP contribution in [0.2, 0.25) is 0 Å². The monoisotopic (exact) mass is 279 g/mol. The van der Waals surface area contributed by atoms with Crippen LogP contribution in [0.1, 0.15) is 45.4 Å². The number of carbonyl (C=O) groups is 1. The van der Waals surface area contributed by atoms with Crippen molar-refractivity contribution >= 4 is 5.78 Å². The highest BCUT2D eigenvalue weighted by Gasteiger charge is 2.70. The third-order valence-electron chi connectivity index (χ3n) is 6.73. The van der Waals surface area contributed by atoms with Crippen LogP contribution in [0.25, 0.3) is 0 Å². The Labute approximate surface area is 120 Å². The number of hydrogen-bond donors (Lipinski definition) is 2. The normalized spacial score (nSPS) is 58.1. The molecule has 7 atom stereocenters. The van der Waals surface area contributed by atoms with E-state index >= 15 is 0 Å². The Hall–Kier alpha value is -0.450. The number of aliphatic hydroxyl groups is 2. The fraction of sp³-hybridized carbons (Fsp3) is 0.938. The molecular weight excluding hydrogens is 254 g/mol. The molecule has 4 nitrogen and oxygen atoms in total. The molecule has 0 aromatic heterocycles. The number of piperidine rings is 1. The molecule has 0 aromatic carbocycles. The Morgan fingerprint density at radius 3 is 2.95 bits per heavy atom. The van der Waals surface area contributed by atoms with Crippen molar-refractivity contribution in [2.24, 2.45) is 23.2 Å². The maximum Gasteiger partial charge on any atom is 0.137 e. The van der Waals surface area contributed by atoms with E-state index < -0.39 is 11.8 Å². The molecular formula is C16H25NO3. The predicted molar refractivity (Wildman–Crippen MR) is 73.8 cm³/mol. The maximum absolute atomic E-state index is 12.6. The van der Waals surface area contributed by atoms with Gasteiger partial charge < -0.3 is 10.2 Å². The molecule has 0 radical (unpaired) electrons. The molecule has 20 heavy (non-hydrogen) atoms. The lowest BCUT2D eigenvalue weighted by atomic mass is 9.53. The third-order valence-corrected chi connectivity index (χ3v) is 6.73. The molecule has 2 bridgehead atoms. The second kappa shape index (κ2) is 4.05. The number of ketones is 1. The van der Waals surface area contributed by atoms with Crippen molar-refractivity contribution < 1.29 is 15.0 Å². The lowest BCUT2D eigenvalue weighted by Gasteiger charge is -2.61. The van der Waals surface area contributed by atoms with Gasteiger partial charge in [-0.3, -0.25) is 9.69 Å². The Kier molecular flexibility index (Phi) is 2.68. The maximum atomic E-state index is 12.6. The SMILES string of the molecule is CC1CC2CC(=O)C3CC(O)CN4CCCC23C4(O)C1. The van der Waals surface area contributed by atoms with Gasteiger partial charge in [-0.15, -0.1) is 0 Å². The summed E-state index contributed by atoms with van der Waals surface area (Å²) >= 11 is 0. The van der Waals surface area contributed by atoms with Crippen LogP contribution in [0, 0.1) is 23.2 Å². The lowest BCUT2D eigenvalue weighted by molar-refractivity contribution is -0.265. The summed E-state index contributed by atoms with van der Waals surface area (Å²) in [7, 11) is 0. The fourth-order valence-electron chi connectivity index (χ4n) is 6.22. The first-order chi connectivity index (χ1) is 9.47. The summed E-state index contributed by atoms with van der Waals surface area (Å²) < 4.78 is 0. The minimum Gasteiger partial charge on any atom is -0.392 e. The predicted octanol–water partition coefficient (Wildman–Crippen LogP) is 1.16. The minimum atomic E-state index is -0.859. The summed E-state index contributed by atoms with van der Waals surface area (Å²) in [6.07, 6.45) is 4.54. The van der Waals surface area contributed by atoms with Gasteiger partial charge in [-0.05, 0) is 43.9 Å². The van der Waals surface area contributed by atoms with Crippen LogP contribution in [-0.2, 0) is 4.79 Å². The average molecular weight is 279 g/mol. The zero-order chi connectivity index (χ0) is 14.1. The first kappa shape index (κ1) is 13.2. The first-order valence-corrected chi connectivity index (χ1v) is 8.15. The van der Waals surface area contributed by atoms with Gasteiger partial charge >= 0.3 is 0 Å². The zero-order valence-electron chi connectivity index (χ0n) is 12.2. The second-order valence-electron chi connectivity index (χ2n) is 7.76. The Bertz CT molecular complexity index is 453. The summed E-state index contributed by atoms with van der Waals surface area (Å²) in [5.74, 6) is 0.956. The van der Waals surface area contributed by atoms with Gasteiger partial charge in [-0.1, -0.05) is 6.92 Å². The van der Waals surface area contributed by atoms with Crippen molar-refractivity contribution in [1.82, 2.24) is 4.90 Å². The lowest BCUT2D eigenvalue weighted by Crippen LogP contribution is -2.68. The summed E-state index contributed by atoms with van der Waals surface area (Å²) in [4.78, 5) is 14.7. The highest BCUT2D eigenvalue weighted by atomic mass is 16.3. The van der Waals surface area contributed by atoms with Gasteiger partial charge in [0.05, 0.1) is 6.10 Å². The minimum absolute atomic E-state index is 0.120. The van der Waals surface area contributed by atoms with Crippen molar-refractivity contribution in [3.05, 3.63) is 0 Å². The van der Waals surface area contributed by atoms with Crippen LogP contribution in [0.3, 0.4) is 0 Å². The van der Waals surface area contributed by atoms with Crippen molar-refractivity contribution in [1.29, 1.82) is 0 Å². The average Bonchev–Trinajstić information content (AvgIpc) is 2.60. The molecule has 2 aliphatic carbocycles. The molecule has 112 valence electrons. The Balaban J connectivity index is 1.90. The van der Waals surface area contributed by atoms with Crippen LogP contribution >= 0.6 is 0 Å². The van der Waals surface area contributed by atoms with Crippen molar-refractivity contribution in [3.8, 4) is 0 Å². The van der Waals surface area contributed by atoms with Crippen LogP contribution in [0.4, 0.5) is 0 Å². The van der Waals surface area contributed by atoms with Gasteiger partial charge in [0.15, 0.2) is 0 Å². The highest BCUT2D eigenvalue weighted by Crippen LogP contribution is 2.66. The van der Waals surface area contributed by atoms with Crippen LogP contribution in [0.5, 0.6) is 0 Å². The van der Waals surface area contributed by atoms with Crippen LogP contribution in [0.15, 0.2) is 0 Å². The zero-order valence-corrected chi connectivity index (χ0v) is 12.2. The largest absolute Gasteiger partial charge is 0.392 e. The quantitative estimate of drug-likeness (QED) is 0.698. The van der Waals surface area contributed by atoms with Crippen molar-refractivity contribution in [3.63, 3.8) is 0 Å². The van der Waals surface area contributed by atoms with Crippen molar-refractivity contribution in [2.45, 2.75) is 57.3 Å². The van der Waals surface area contributed by atoms with Crippen LogP contribution < -0.4 is 0 Å². The van der Waals surface area contributed by atoms with E-state index in [1.165, 1.54) is 0 Å². The molecule has 2 heterocycles. The van der Waals surface area contributed by atoms with E-state index in [2.05, 4.69) is 11.8 Å². The first-order valence-electron chi connectivity index (χ1n) is 8.15. The Morgan fingerprint density at radius 2 is 2.15 bits per heavy atom. The van der Waals surface area contributed by atoms with Gasteiger partial charge in [-0.25, -0.2) is 0 Å². The van der Waals surface area contributed by atoms with E-state index in [9.17, 15) is 15.0 Å². The molecule has 4 rings (SSSR count). The molecule has 1 spiro atoms. The molecule has 4 heteroatoms. The molecule has 2 N–H and O–H groups in total. The Morgan fingerprint density at radius 1 is 1.35 bits per heavy atom. The molecule has 4 fully saturated rings. The van der Waals surface area contributed by atoms with E-state index in [0.29, 0.717) is 37.0 Å². The number of rotatable bonds is 0. The number of Topliss-reactive ketones (excluding diaryl/α,β-unsaturated/α-hetero) is 1. The molecule has 2 saturated carbocycles. The topological polar surface area (TPSA) is 60.8 Å². The standard InChI is InChI=1S/C16H25NO3/c1-10-5-11-6-14(19)13-7-12(18)9-17-4-2-3-15(11,13)16(17,20)8-10/h10-13,18,20H,2-9H2,1H3. The number of aliphatic hydroxyl groups excluding tert-OH is 1.